The number of nitrogens with zero attached hydrogens (tertiary/aromatic N) is 2. The SMILES string of the molecule is CCOc1ccc(C2C(=C(O)c3ccc(OCc4cccc(C)c4)cc3)C(=O)C(=O)N2CCN(CC)CC)cc1. The van der Waals surface area contributed by atoms with Gasteiger partial charge >= 0.3 is 0 Å². The topological polar surface area (TPSA) is 79.3 Å². The van der Waals surface area contributed by atoms with Crippen LogP contribution >= 0.6 is 0 Å². The average molecular weight is 543 g/mol. The van der Waals surface area contributed by atoms with Gasteiger partial charge in [0.25, 0.3) is 11.7 Å². The summed E-state index contributed by atoms with van der Waals surface area (Å²) in [6.45, 7) is 11.7. The molecule has 3 aromatic rings. The maximum atomic E-state index is 13.3. The molecule has 0 radical (unpaired) electrons. The fourth-order valence-electron chi connectivity index (χ4n) is 4.99. The Balaban J connectivity index is 1.64. The number of benzene rings is 3. The lowest BCUT2D eigenvalue weighted by molar-refractivity contribution is -0.140. The maximum Gasteiger partial charge on any atom is 0.295 e. The van der Waals surface area contributed by atoms with Crippen molar-refractivity contribution in [2.45, 2.75) is 40.3 Å². The third-order valence-corrected chi connectivity index (χ3v) is 7.21. The second-order valence-corrected chi connectivity index (χ2v) is 9.82. The van der Waals surface area contributed by atoms with E-state index in [1.54, 1.807) is 29.2 Å². The minimum atomic E-state index is -0.705. The Morgan fingerprint density at radius 2 is 1.55 bits per heavy atom. The molecule has 210 valence electrons. The van der Waals surface area contributed by atoms with Gasteiger partial charge in [0.15, 0.2) is 0 Å². The van der Waals surface area contributed by atoms with Crippen LogP contribution in [0.15, 0.2) is 78.4 Å². The first kappa shape index (κ1) is 28.9. The molecule has 7 nitrogen and oxygen atoms in total. The molecule has 40 heavy (non-hydrogen) atoms. The first-order chi connectivity index (χ1) is 19.4. The van der Waals surface area contributed by atoms with Gasteiger partial charge in [-0.2, -0.15) is 0 Å². The van der Waals surface area contributed by atoms with Crippen LogP contribution in [0.25, 0.3) is 5.76 Å². The van der Waals surface area contributed by atoms with E-state index in [1.807, 2.05) is 56.3 Å². The molecule has 1 amide bonds. The van der Waals surface area contributed by atoms with Gasteiger partial charge in [0.05, 0.1) is 18.2 Å². The highest BCUT2D eigenvalue weighted by Gasteiger charge is 2.46. The Hall–Kier alpha value is -4.10. The number of hydrogen-bond acceptors (Lipinski definition) is 6. The number of aryl methyl sites for hydroxylation is 1. The zero-order chi connectivity index (χ0) is 28.6. The van der Waals surface area contributed by atoms with Gasteiger partial charge in [0.2, 0.25) is 0 Å². The smallest absolute Gasteiger partial charge is 0.295 e. The van der Waals surface area contributed by atoms with E-state index in [9.17, 15) is 14.7 Å². The first-order valence-corrected chi connectivity index (χ1v) is 13.9. The Kier molecular flexibility index (Phi) is 9.61. The highest BCUT2D eigenvalue weighted by atomic mass is 16.5. The number of carbonyl (C=O) groups excluding carboxylic acids is 2. The van der Waals surface area contributed by atoms with Gasteiger partial charge in [0, 0.05) is 18.7 Å². The molecular formula is C33H38N2O5. The van der Waals surface area contributed by atoms with E-state index in [-0.39, 0.29) is 11.3 Å². The highest BCUT2D eigenvalue weighted by molar-refractivity contribution is 6.46. The zero-order valence-electron chi connectivity index (χ0n) is 23.7. The molecule has 1 unspecified atom stereocenters. The molecule has 1 fully saturated rings. The van der Waals surface area contributed by atoms with Crippen molar-refractivity contribution >= 4 is 17.4 Å². The molecule has 1 N–H and O–H groups in total. The summed E-state index contributed by atoms with van der Waals surface area (Å²) < 4.78 is 11.5. The van der Waals surface area contributed by atoms with Crippen molar-refractivity contribution in [1.82, 2.24) is 9.80 Å². The van der Waals surface area contributed by atoms with Crippen molar-refractivity contribution in [3.8, 4) is 11.5 Å². The van der Waals surface area contributed by atoms with Crippen LogP contribution in [0.1, 0.15) is 49.1 Å². The molecule has 0 aromatic heterocycles. The van der Waals surface area contributed by atoms with Crippen LogP contribution in [-0.2, 0) is 16.2 Å². The summed E-state index contributed by atoms with van der Waals surface area (Å²) in [5.74, 6) is -0.150. The summed E-state index contributed by atoms with van der Waals surface area (Å²) in [5, 5.41) is 11.4. The van der Waals surface area contributed by atoms with Gasteiger partial charge < -0.3 is 24.4 Å². The number of ketones is 1. The van der Waals surface area contributed by atoms with Crippen molar-refractivity contribution in [2.24, 2.45) is 0 Å². The molecule has 1 aliphatic rings. The van der Waals surface area contributed by atoms with Gasteiger partial charge in [0.1, 0.15) is 23.9 Å². The van der Waals surface area contributed by atoms with E-state index >= 15 is 0 Å². The molecule has 0 spiro atoms. The van der Waals surface area contributed by atoms with Crippen LogP contribution < -0.4 is 9.47 Å². The summed E-state index contributed by atoms with van der Waals surface area (Å²) in [4.78, 5) is 30.4. The van der Waals surface area contributed by atoms with Gasteiger partial charge in [-0.15, -0.1) is 0 Å². The second-order valence-electron chi connectivity index (χ2n) is 9.82. The Morgan fingerprint density at radius 3 is 2.17 bits per heavy atom. The van der Waals surface area contributed by atoms with E-state index in [1.165, 1.54) is 0 Å². The molecule has 1 heterocycles. The molecule has 1 aliphatic heterocycles. The standard InChI is InChI=1S/C33H38N2O5/c1-5-34(6-2)19-20-35-30(25-11-15-27(16-12-25)39-7-3)29(32(37)33(35)38)31(36)26-13-17-28(18-14-26)40-22-24-10-8-9-23(4)21-24/h8-18,21,30,36H,5-7,19-20,22H2,1-4H3. The van der Waals surface area contributed by atoms with Crippen LogP contribution in [0.5, 0.6) is 11.5 Å². The predicted molar refractivity (Wildman–Crippen MR) is 156 cm³/mol. The summed E-state index contributed by atoms with van der Waals surface area (Å²) in [6, 6.07) is 21.7. The van der Waals surface area contributed by atoms with Crippen molar-refractivity contribution in [3.05, 3.63) is 101 Å². The van der Waals surface area contributed by atoms with Gasteiger partial charge in [-0.3, -0.25) is 9.59 Å². The largest absolute Gasteiger partial charge is 0.507 e. The first-order valence-electron chi connectivity index (χ1n) is 13.9. The Labute approximate surface area is 236 Å². The Bertz CT molecular complexity index is 1340. The number of ether oxygens (including phenoxy) is 2. The van der Waals surface area contributed by atoms with Gasteiger partial charge in [-0.1, -0.05) is 55.8 Å². The monoisotopic (exact) mass is 542 g/mol. The normalized spacial score (nSPS) is 16.5. The number of aliphatic hydroxyl groups is 1. The lowest BCUT2D eigenvalue weighted by Crippen LogP contribution is -2.38. The van der Waals surface area contributed by atoms with E-state index < -0.39 is 17.7 Å². The van der Waals surface area contributed by atoms with Crippen molar-refractivity contribution < 1.29 is 24.2 Å². The molecule has 0 saturated carbocycles. The average Bonchev–Trinajstić information content (AvgIpc) is 3.22. The third kappa shape index (κ3) is 6.54. The number of carbonyl (C=O) groups is 2. The molecule has 1 atom stereocenters. The lowest BCUT2D eigenvalue weighted by atomic mass is 9.95. The van der Waals surface area contributed by atoms with E-state index in [4.69, 9.17) is 9.47 Å². The van der Waals surface area contributed by atoms with Gasteiger partial charge in [-0.05, 0) is 74.5 Å². The third-order valence-electron chi connectivity index (χ3n) is 7.21. The van der Waals surface area contributed by atoms with Crippen LogP contribution in [0.4, 0.5) is 0 Å². The minimum Gasteiger partial charge on any atom is -0.507 e. The number of amides is 1. The molecule has 0 aliphatic carbocycles. The van der Waals surface area contributed by atoms with Crippen LogP contribution in [0.3, 0.4) is 0 Å². The summed E-state index contributed by atoms with van der Waals surface area (Å²) in [6.07, 6.45) is 0. The molecule has 7 heteroatoms. The van der Waals surface area contributed by atoms with Crippen molar-refractivity contribution in [2.75, 3.05) is 32.8 Å². The zero-order valence-corrected chi connectivity index (χ0v) is 23.7. The number of likely N-dealkylation sites (tertiary alicyclic amines) is 1. The molecule has 0 bridgehead atoms. The summed E-state index contributed by atoms with van der Waals surface area (Å²) in [5.41, 5.74) is 3.49. The number of rotatable bonds is 12. The van der Waals surface area contributed by atoms with E-state index in [0.29, 0.717) is 43.4 Å². The quantitative estimate of drug-likeness (QED) is 0.179. The maximum absolute atomic E-state index is 13.3. The Morgan fingerprint density at radius 1 is 0.900 bits per heavy atom. The van der Waals surface area contributed by atoms with Crippen molar-refractivity contribution in [3.63, 3.8) is 0 Å². The number of hydrogen-bond donors (Lipinski definition) is 1. The summed E-state index contributed by atoms with van der Waals surface area (Å²) >= 11 is 0. The highest BCUT2D eigenvalue weighted by Crippen LogP contribution is 2.40. The van der Waals surface area contributed by atoms with E-state index in [0.717, 1.165) is 29.8 Å². The predicted octanol–water partition coefficient (Wildman–Crippen LogP) is 5.74. The van der Waals surface area contributed by atoms with Gasteiger partial charge in [-0.25, -0.2) is 0 Å². The summed E-state index contributed by atoms with van der Waals surface area (Å²) in [7, 11) is 0. The molecular weight excluding hydrogens is 504 g/mol. The fraction of sp³-hybridized carbons (Fsp3) is 0.333. The lowest BCUT2D eigenvalue weighted by Gasteiger charge is -2.28. The number of Topliss-reactive ketones (excluding diaryl/α,β-unsaturated/α-hetero) is 1. The van der Waals surface area contributed by atoms with Crippen LogP contribution in [0, 0.1) is 6.92 Å². The van der Waals surface area contributed by atoms with Crippen molar-refractivity contribution in [1.29, 1.82) is 0 Å². The number of aliphatic hydroxyl groups excluding tert-OH is 1. The van der Waals surface area contributed by atoms with Crippen LogP contribution in [-0.4, -0.2) is 59.4 Å². The van der Waals surface area contributed by atoms with E-state index in [2.05, 4.69) is 24.8 Å². The minimum absolute atomic E-state index is 0.0853. The molecule has 3 aromatic carbocycles. The second kappa shape index (κ2) is 13.3. The fourth-order valence-corrected chi connectivity index (χ4v) is 4.99. The molecule has 1 saturated heterocycles. The number of likely N-dealkylation sites (N-methyl/N-ethyl adjacent to an activating group) is 1. The molecule has 4 rings (SSSR count). The van der Waals surface area contributed by atoms with Crippen LogP contribution in [0.2, 0.25) is 0 Å².